The maximum atomic E-state index is 12.2. The summed E-state index contributed by atoms with van der Waals surface area (Å²) >= 11 is 2.99. The van der Waals surface area contributed by atoms with Gasteiger partial charge in [0.1, 0.15) is 42.3 Å². The van der Waals surface area contributed by atoms with Crippen molar-refractivity contribution in [1.29, 1.82) is 0 Å². The number of aromatic hydroxyl groups is 2. The second-order valence-corrected chi connectivity index (χ2v) is 15.6. The largest absolute Gasteiger partial charge is 0.505 e. The minimum absolute atomic E-state index is 0.168. The van der Waals surface area contributed by atoms with Crippen molar-refractivity contribution in [3.63, 3.8) is 0 Å². The second-order valence-electron chi connectivity index (χ2n) is 9.13. The van der Waals surface area contributed by atoms with E-state index in [0.29, 0.717) is 17.7 Å². The third-order valence-corrected chi connectivity index (χ3v) is 9.91. The lowest BCUT2D eigenvalue weighted by Crippen LogP contribution is -2.02. The molecule has 4 aromatic rings. The molecule has 0 unspecified atom stereocenters. The van der Waals surface area contributed by atoms with Gasteiger partial charge in [-0.15, -0.1) is 20.5 Å². The van der Waals surface area contributed by atoms with Crippen LogP contribution in [0.1, 0.15) is 5.56 Å². The lowest BCUT2D eigenvalue weighted by Gasteiger charge is -2.13. The number of phenolic OH excluding ortho intramolecular Hbond substituents is 2. The van der Waals surface area contributed by atoms with E-state index in [4.69, 9.17) is 0 Å². The fraction of sp³-hybridized carbons (Fsp3) is 0.0435. The number of aryl methyl sites for hydroxylation is 1. The monoisotopic (exact) mass is 780 g/mol. The number of hydrogen-bond acceptors (Lipinski definition) is 14. The van der Waals surface area contributed by atoms with Crippen molar-refractivity contribution in [1.82, 2.24) is 0 Å². The first-order chi connectivity index (χ1) is 21.0. The van der Waals surface area contributed by atoms with E-state index >= 15 is 0 Å². The average molecular weight is 782 g/mol. The van der Waals surface area contributed by atoms with E-state index in [-0.39, 0.29) is 4.47 Å². The molecule has 23 heteroatoms. The van der Waals surface area contributed by atoms with Gasteiger partial charge in [0.05, 0.1) is 5.39 Å². The standard InChI is InChI=1S/C23H17BrN4O14S4/c1-10-2-4-13(15(6-10)43(31,32)33)25-27-20-17(45(37,38)39)7-11-8-18(46(40,41)42)21(23(30)19(11)22(20)29)28-26-14-5-3-12(24)9-16(14)44(34,35)36/h2-9,29-30H,1H3,(H,31,32,33)(H,34,35,36)(H,37,38,39)(H,40,41,42). The van der Waals surface area contributed by atoms with E-state index in [9.17, 15) is 62.1 Å². The van der Waals surface area contributed by atoms with Gasteiger partial charge in [0, 0.05) is 4.47 Å². The SMILES string of the molecule is Cc1ccc(N=Nc2c(S(=O)(=O)O)cc3cc(S(=O)(=O)O)c(N=Nc4ccc(Br)cc4S(=O)(=O)O)c(O)c3c2O)c(S(=O)(=O)O)c1. The minimum Gasteiger partial charge on any atom is -0.505 e. The number of fused-ring (bicyclic) bond motifs is 1. The van der Waals surface area contributed by atoms with E-state index in [1.807, 2.05) is 0 Å². The van der Waals surface area contributed by atoms with Crippen LogP contribution < -0.4 is 0 Å². The van der Waals surface area contributed by atoms with Crippen molar-refractivity contribution in [2.24, 2.45) is 20.5 Å². The molecule has 0 aliphatic carbocycles. The minimum atomic E-state index is -5.34. The summed E-state index contributed by atoms with van der Waals surface area (Å²) in [6.45, 7) is 1.47. The Bertz CT molecular complexity index is 2300. The van der Waals surface area contributed by atoms with Gasteiger partial charge in [-0.1, -0.05) is 22.0 Å². The fourth-order valence-corrected chi connectivity index (χ4v) is 7.13. The van der Waals surface area contributed by atoms with E-state index < -0.39 is 105 Å². The normalized spacial score (nSPS) is 13.3. The molecule has 46 heavy (non-hydrogen) atoms. The van der Waals surface area contributed by atoms with E-state index in [2.05, 4.69) is 36.4 Å². The zero-order valence-electron chi connectivity index (χ0n) is 22.4. The molecule has 4 aromatic carbocycles. The highest BCUT2D eigenvalue weighted by Gasteiger charge is 2.29. The molecule has 0 bridgehead atoms. The number of nitrogens with zero attached hydrogens (tertiary/aromatic N) is 4. The Kier molecular flexibility index (Phi) is 9.12. The molecule has 0 aliphatic rings. The average Bonchev–Trinajstić information content (AvgIpc) is 2.90. The first kappa shape index (κ1) is 34.9. The number of rotatable bonds is 8. The fourth-order valence-electron chi connectivity index (χ4n) is 3.94. The van der Waals surface area contributed by atoms with Crippen molar-refractivity contribution in [2.45, 2.75) is 26.5 Å². The smallest absolute Gasteiger partial charge is 0.296 e. The van der Waals surface area contributed by atoms with Gasteiger partial charge < -0.3 is 10.2 Å². The molecule has 0 atom stereocenters. The van der Waals surface area contributed by atoms with E-state index in [1.165, 1.54) is 19.1 Å². The van der Waals surface area contributed by atoms with Crippen LogP contribution in [0.5, 0.6) is 11.5 Å². The molecule has 0 spiro atoms. The van der Waals surface area contributed by atoms with Crippen LogP contribution in [0.25, 0.3) is 10.8 Å². The van der Waals surface area contributed by atoms with Gasteiger partial charge >= 0.3 is 0 Å². The van der Waals surface area contributed by atoms with Crippen molar-refractivity contribution in [3.8, 4) is 11.5 Å². The Morgan fingerprint density at radius 2 is 0.935 bits per heavy atom. The molecule has 244 valence electrons. The first-order valence-electron chi connectivity index (χ1n) is 11.7. The lowest BCUT2D eigenvalue weighted by atomic mass is 10.1. The molecule has 0 fully saturated rings. The van der Waals surface area contributed by atoms with Crippen LogP contribution in [0.2, 0.25) is 0 Å². The quantitative estimate of drug-likeness (QED) is 0.0996. The molecule has 0 amide bonds. The number of benzene rings is 4. The molecule has 0 saturated carbocycles. The predicted octanol–water partition coefficient (Wildman–Crippen LogP) is 5.14. The molecule has 4 rings (SSSR count). The highest BCUT2D eigenvalue weighted by molar-refractivity contribution is 9.10. The zero-order valence-corrected chi connectivity index (χ0v) is 27.2. The molecule has 18 nitrogen and oxygen atoms in total. The third-order valence-electron chi connectivity index (χ3n) is 5.92. The maximum Gasteiger partial charge on any atom is 0.296 e. The van der Waals surface area contributed by atoms with Gasteiger partial charge in [-0.25, -0.2) is 0 Å². The number of azo groups is 2. The zero-order chi connectivity index (χ0) is 34.6. The Balaban J connectivity index is 2.07. The van der Waals surface area contributed by atoms with Gasteiger partial charge in [0.2, 0.25) is 0 Å². The van der Waals surface area contributed by atoms with Crippen LogP contribution in [-0.4, -0.2) is 62.1 Å². The summed E-state index contributed by atoms with van der Waals surface area (Å²) in [6.07, 6.45) is 0. The molecule has 0 aromatic heterocycles. The van der Waals surface area contributed by atoms with Gasteiger partial charge in [-0.3, -0.25) is 18.2 Å². The van der Waals surface area contributed by atoms with Crippen molar-refractivity contribution >= 4 is 89.9 Å². The summed E-state index contributed by atoms with van der Waals surface area (Å²) in [4.78, 5) is -4.06. The van der Waals surface area contributed by atoms with Crippen LogP contribution in [0, 0.1) is 6.92 Å². The molecule has 6 N–H and O–H groups in total. The van der Waals surface area contributed by atoms with Crippen LogP contribution in [0.4, 0.5) is 22.7 Å². The van der Waals surface area contributed by atoms with Crippen molar-refractivity contribution in [3.05, 3.63) is 58.6 Å². The van der Waals surface area contributed by atoms with E-state index in [0.717, 1.165) is 24.3 Å². The Morgan fingerprint density at radius 3 is 1.35 bits per heavy atom. The summed E-state index contributed by atoms with van der Waals surface area (Å²) in [5.41, 5.74) is -3.02. The maximum absolute atomic E-state index is 12.2. The summed E-state index contributed by atoms with van der Waals surface area (Å²) in [5.74, 6) is -2.60. The summed E-state index contributed by atoms with van der Waals surface area (Å²) in [5, 5.41) is 34.7. The molecule has 0 aliphatic heterocycles. The third kappa shape index (κ3) is 7.21. The summed E-state index contributed by atoms with van der Waals surface area (Å²) in [6, 6.07) is 7.60. The Hall–Kier alpha value is -3.94. The Labute approximate surface area is 267 Å². The van der Waals surface area contributed by atoms with Gasteiger partial charge in [-0.05, 0) is 60.3 Å². The molecule has 0 heterocycles. The van der Waals surface area contributed by atoms with Gasteiger partial charge in [0.15, 0.2) is 11.5 Å². The number of hydrogen-bond donors (Lipinski definition) is 6. The van der Waals surface area contributed by atoms with Crippen molar-refractivity contribution < 1.29 is 62.1 Å². The van der Waals surface area contributed by atoms with E-state index in [1.54, 1.807) is 0 Å². The second kappa shape index (κ2) is 12.0. The predicted molar refractivity (Wildman–Crippen MR) is 160 cm³/mol. The van der Waals surface area contributed by atoms with Crippen molar-refractivity contribution in [2.75, 3.05) is 0 Å². The van der Waals surface area contributed by atoms with Crippen LogP contribution in [0.15, 0.2) is 93.0 Å². The Morgan fingerprint density at radius 1 is 0.543 bits per heavy atom. The number of halogens is 1. The molecular weight excluding hydrogens is 764 g/mol. The lowest BCUT2D eigenvalue weighted by molar-refractivity contribution is 0.458. The molecule has 0 radical (unpaired) electrons. The van der Waals surface area contributed by atoms with Gasteiger partial charge in [0.25, 0.3) is 40.5 Å². The van der Waals surface area contributed by atoms with Gasteiger partial charge in [-0.2, -0.15) is 33.7 Å². The highest BCUT2D eigenvalue weighted by atomic mass is 79.9. The summed E-state index contributed by atoms with van der Waals surface area (Å²) < 4.78 is 135. The summed E-state index contributed by atoms with van der Waals surface area (Å²) in [7, 11) is -20.5. The first-order valence-corrected chi connectivity index (χ1v) is 18.2. The highest BCUT2D eigenvalue weighted by Crippen LogP contribution is 2.50. The topological polar surface area (TPSA) is 307 Å². The number of phenols is 2. The molecular formula is C23H17BrN4O14S4. The van der Waals surface area contributed by atoms with Crippen LogP contribution >= 0.6 is 15.9 Å². The molecule has 0 saturated heterocycles. The van der Waals surface area contributed by atoms with Crippen LogP contribution in [-0.2, 0) is 40.5 Å². The van der Waals surface area contributed by atoms with Crippen LogP contribution in [0.3, 0.4) is 0 Å².